The van der Waals surface area contributed by atoms with Crippen molar-refractivity contribution in [3.05, 3.63) is 62.8 Å². The summed E-state index contributed by atoms with van der Waals surface area (Å²) < 4.78 is 1.21. The molecule has 0 aliphatic heterocycles. The van der Waals surface area contributed by atoms with Crippen LogP contribution in [0, 0.1) is 3.57 Å². The van der Waals surface area contributed by atoms with E-state index in [2.05, 4.69) is 51.1 Å². The quantitative estimate of drug-likeness (QED) is 0.610. The number of H-pyrrole nitrogens is 1. The summed E-state index contributed by atoms with van der Waals surface area (Å²) >= 11 is 8.69. The fraction of sp³-hybridized carbons (Fsp3) is 0.0667. The Morgan fingerprint density at radius 1 is 1.11 bits per heavy atom. The van der Waals surface area contributed by atoms with E-state index >= 15 is 0 Å². The van der Waals surface area contributed by atoms with Gasteiger partial charge in [-0.25, -0.2) is 0 Å². The van der Waals surface area contributed by atoms with Gasteiger partial charge < -0.3 is 10.3 Å². The summed E-state index contributed by atoms with van der Waals surface area (Å²) in [6.45, 7) is 0.688. The molecule has 0 aliphatic rings. The largest absolute Gasteiger partial charge is 0.379 e. The number of anilines is 1. The van der Waals surface area contributed by atoms with E-state index in [1.807, 2.05) is 30.3 Å². The zero-order valence-corrected chi connectivity index (χ0v) is 13.0. The summed E-state index contributed by atoms with van der Waals surface area (Å²) in [5.74, 6) is 0. The second kappa shape index (κ2) is 5.43. The lowest BCUT2D eigenvalue weighted by atomic mass is 10.2. The molecule has 96 valence electrons. The van der Waals surface area contributed by atoms with Crippen LogP contribution in [0.15, 0.2) is 48.5 Å². The maximum atomic E-state index is 6.38. The molecule has 0 fully saturated rings. The molecular weight excluding hydrogens is 371 g/mol. The molecule has 19 heavy (non-hydrogen) atoms. The molecule has 0 unspecified atom stereocenters. The van der Waals surface area contributed by atoms with E-state index in [-0.39, 0.29) is 0 Å². The van der Waals surface area contributed by atoms with Crippen molar-refractivity contribution in [3.8, 4) is 0 Å². The fourth-order valence-corrected chi connectivity index (χ4v) is 2.90. The molecule has 3 rings (SSSR count). The van der Waals surface area contributed by atoms with Crippen molar-refractivity contribution in [1.82, 2.24) is 4.98 Å². The number of fused-ring (bicyclic) bond motifs is 1. The first-order valence-electron chi connectivity index (χ1n) is 5.98. The van der Waals surface area contributed by atoms with Crippen LogP contribution in [-0.2, 0) is 6.54 Å². The second-order valence-corrected chi connectivity index (χ2v) is 5.95. The molecular formula is C15H12ClIN2. The maximum absolute atomic E-state index is 6.38. The smallest absolute Gasteiger partial charge is 0.0710 e. The highest BCUT2D eigenvalue weighted by atomic mass is 127. The molecule has 0 amide bonds. The summed E-state index contributed by atoms with van der Waals surface area (Å²) in [5.41, 5.74) is 3.19. The predicted octanol–water partition coefficient (Wildman–Crippen LogP) is 5.04. The van der Waals surface area contributed by atoms with E-state index in [1.54, 1.807) is 0 Å². The molecule has 3 aromatic rings. The maximum Gasteiger partial charge on any atom is 0.0710 e. The highest BCUT2D eigenvalue weighted by Crippen LogP contribution is 2.27. The molecule has 4 heteroatoms. The Hall–Kier alpha value is -1.20. The van der Waals surface area contributed by atoms with E-state index < -0.39 is 0 Å². The minimum atomic E-state index is 0.688. The molecule has 2 N–H and O–H groups in total. The Labute approximate surface area is 130 Å². The van der Waals surface area contributed by atoms with Gasteiger partial charge in [0.25, 0.3) is 0 Å². The Kier molecular flexibility index (Phi) is 3.66. The number of hydrogen-bond acceptors (Lipinski definition) is 1. The van der Waals surface area contributed by atoms with Crippen LogP contribution in [0.3, 0.4) is 0 Å². The van der Waals surface area contributed by atoms with Crippen LogP contribution in [0.25, 0.3) is 10.9 Å². The average Bonchev–Trinajstić information content (AvgIpc) is 2.74. The summed E-state index contributed by atoms with van der Waals surface area (Å²) in [5, 5.41) is 5.26. The topological polar surface area (TPSA) is 27.8 Å². The van der Waals surface area contributed by atoms with Gasteiger partial charge in [0.15, 0.2) is 0 Å². The van der Waals surface area contributed by atoms with Crippen molar-refractivity contribution in [2.24, 2.45) is 0 Å². The van der Waals surface area contributed by atoms with Gasteiger partial charge in [-0.05, 0) is 46.9 Å². The lowest BCUT2D eigenvalue weighted by Crippen LogP contribution is -2.00. The lowest BCUT2D eigenvalue weighted by Gasteiger charge is -2.05. The van der Waals surface area contributed by atoms with Crippen LogP contribution in [-0.4, -0.2) is 4.98 Å². The third-order valence-electron chi connectivity index (χ3n) is 3.01. The molecule has 0 radical (unpaired) electrons. The average molecular weight is 383 g/mol. The minimum Gasteiger partial charge on any atom is -0.379 e. The first-order chi connectivity index (χ1) is 9.24. The number of aromatic nitrogens is 1. The molecule has 1 heterocycles. The van der Waals surface area contributed by atoms with Crippen molar-refractivity contribution in [2.75, 3.05) is 5.32 Å². The highest BCUT2D eigenvalue weighted by molar-refractivity contribution is 14.1. The predicted molar refractivity (Wildman–Crippen MR) is 89.8 cm³/mol. The monoisotopic (exact) mass is 382 g/mol. The van der Waals surface area contributed by atoms with Crippen molar-refractivity contribution in [3.63, 3.8) is 0 Å². The van der Waals surface area contributed by atoms with Gasteiger partial charge in [0, 0.05) is 20.2 Å². The highest BCUT2D eigenvalue weighted by Gasteiger charge is 2.08. The van der Waals surface area contributed by atoms with Gasteiger partial charge in [0.05, 0.1) is 17.3 Å². The Morgan fingerprint density at radius 3 is 2.74 bits per heavy atom. The van der Waals surface area contributed by atoms with Crippen LogP contribution in [0.1, 0.15) is 5.69 Å². The Bertz CT molecular complexity index is 721. The molecule has 1 aromatic heterocycles. The number of hydrogen-bond donors (Lipinski definition) is 2. The van der Waals surface area contributed by atoms with Crippen molar-refractivity contribution in [2.45, 2.75) is 6.54 Å². The number of para-hydroxylation sites is 1. The first-order valence-corrected chi connectivity index (χ1v) is 7.44. The summed E-state index contributed by atoms with van der Waals surface area (Å²) in [4.78, 5) is 3.35. The van der Waals surface area contributed by atoms with E-state index in [0.29, 0.717) is 6.54 Å². The molecule has 0 spiro atoms. The molecule has 2 nitrogen and oxygen atoms in total. The molecule has 0 atom stereocenters. The Balaban J connectivity index is 1.84. The third-order valence-corrected chi connectivity index (χ3v) is 4.11. The molecule has 2 aromatic carbocycles. The number of rotatable bonds is 3. The van der Waals surface area contributed by atoms with Gasteiger partial charge in [0.1, 0.15) is 0 Å². The van der Waals surface area contributed by atoms with Gasteiger partial charge in [-0.2, -0.15) is 0 Å². The lowest BCUT2D eigenvalue weighted by molar-refractivity contribution is 1.08. The van der Waals surface area contributed by atoms with Crippen molar-refractivity contribution >= 4 is 50.8 Å². The molecule has 0 saturated heterocycles. The van der Waals surface area contributed by atoms with Gasteiger partial charge in [-0.15, -0.1) is 0 Å². The van der Waals surface area contributed by atoms with E-state index in [0.717, 1.165) is 27.3 Å². The molecule has 0 aliphatic carbocycles. The van der Waals surface area contributed by atoms with Gasteiger partial charge in [0.2, 0.25) is 0 Å². The summed E-state index contributed by atoms with van der Waals surface area (Å²) in [6.07, 6.45) is 0. The van der Waals surface area contributed by atoms with Crippen molar-refractivity contribution < 1.29 is 0 Å². The summed E-state index contributed by atoms with van der Waals surface area (Å²) in [7, 11) is 0. The van der Waals surface area contributed by atoms with Crippen LogP contribution in [0.4, 0.5) is 5.69 Å². The zero-order chi connectivity index (χ0) is 13.2. The fourth-order valence-electron chi connectivity index (χ4n) is 2.07. The molecule has 0 saturated carbocycles. The first kappa shape index (κ1) is 12.8. The van der Waals surface area contributed by atoms with E-state index in [4.69, 9.17) is 11.6 Å². The van der Waals surface area contributed by atoms with E-state index in [9.17, 15) is 0 Å². The second-order valence-electron chi connectivity index (χ2n) is 4.33. The third kappa shape index (κ3) is 2.72. The van der Waals surface area contributed by atoms with E-state index in [1.165, 1.54) is 3.57 Å². The standard InChI is InChI=1S/C15H12ClIN2/c16-15-12-6-1-2-7-13(12)19-14(15)9-18-11-5-3-4-10(17)8-11/h1-8,18-19H,9H2. The van der Waals surface area contributed by atoms with Gasteiger partial charge in [-0.3, -0.25) is 0 Å². The minimum absolute atomic E-state index is 0.688. The van der Waals surface area contributed by atoms with Crippen LogP contribution >= 0.6 is 34.2 Å². The Morgan fingerprint density at radius 2 is 1.95 bits per heavy atom. The van der Waals surface area contributed by atoms with Crippen molar-refractivity contribution in [1.29, 1.82) is 0 Å². The number of halogens is 2. The normalized spacial score (nSPS) is 10.8. The van der Waals surface area contributed by atoms with Crippen LogP contribution < -0.4 is 5.32 Å². The van der Waals surface area contributed by atoms with Gasteiger partial charge >= 0.3 is 0 Å². The number of nitrogens with one attached hydrogen (secondary N) is 2. The number of aromatic amines is 1. The SMILES string of the molecule is Clc1c(CNc2cccc(I)c2)[nH]c2ccccc12. The summed E-state index contributed by atoms with van der Waals surface area (Å²) in [6, 6.07) is 16.3. The van der Waals surface area contributed by atoms with Crippen LogP contribution in [0.2, 0.25) is 5.02 Å². The zero-order valence-electron chi connectivity index (χ0n) is 10.1. The van der Waals surface area contributed by atoms with Crippen LogP contribution in [0.5, 0.6) is 0 Å². The number of benzene rings is 2. The molecule has 0 bridgehead atoms. The van der Waals surface area contributed by atoms with Gasteiger partial charge in [-0.1, -0.05) is 35.9 Å².